The standard InChI is InChI=1S/C18H21ClN4O/c1-18(2,3)10-9-13-20-16-14(17(24)21-13)22-15(23(16)4)11-5-7-12(19)8-6-11/h5-8H,9-10H2,1-4H3,(H,20,21,24). The Balaban J connectivity index is 2.06. The molecule has 0 saturated carbocycles. The maximum Gasteiger partial charge on any atom is 0.279 e. The van der Waals surface area contributed by atoms with Crippen LogP contribution in [0.15, 0.2) is 29.1 Å². The lowest BCUT2D eigenvalue weighted by molar-refractivity contribution is 0.374. The second kappa shape index (κ2) is 6.06. The van der Waals surface area contributed by atoms with E-state index in [9.17, 15) is 4.79 Å². The Bertz CT molecular complexity index is 933. The first-order valence-electron chi connectivity index (χ1n) is 7.96. The van der Waals surface area contributed by atoms with Gasteiger partial charge in [0.05, 0.1) is 0 Å². The highest BCUT2D eigenvalue weighted by molar-refractivity contribution is 6.30. The summed E-state index contributed by atoms with van der Waals surface area (Å²) in [4.78, 5) is 24.3. The van der Waals surface area contributed by atoms with Crippen molar-refractivity contribution in [2.24, 2.45) is 12.5 Å². The molecule has 3 rings (SSSR count). The van der Waals surface area contributed by atoms with Gasteiger partial charge in [0, 0.05) is 24.1 Å². The highest BCUT2D eigenvalue weighted by Crippen LogP contribution is 2.24. The van der Waals surface area contributed by atoms with E-state index in [4.69, 9.17) is 11.6 Å². The van der Waals surface area contributed by atoms with Crippen LogP contribution in [0, 0.1) is 5.41 Å². The summed E-state index contributed by atoms with van der Waals surface area (Å²) in [7, 11) is 1.87. The molecule has 2 heterocycles. The highest BCUT2D eigenvalue weighted by atomic mass is 35.5. The summed E-state index contributed by atoms with van der Waals surface area (Å²) in [5.74, 6) is 1.40. The number of halogens is 1. The monoisotopic (exact) mass is 344 g/mol. The Kier molecular flexibility index (Phi) is 4.22. The molecule has 0 unspecified atom stereocenters. The molecule has 2 aromatic heterocycles. The van der Waals surface area contributed by atoms with Gasteiger partial charge in [0.1, 0.15) is 11.6 Å². The van der Waals surface area contributed by atoms with Gasteiger partial charge in [-0.25, -0.2) is 9.97 Å². The fraction of sp³-hybridized carbons (Fsp3) is 0.389. The molecule has 0 saturated heterocycles. The first-order chi connectivity index (χ1) is 11.2. The van der Waals surface area contributed by atoms with Crippen molar-refractivity contribution in [2.75, 3.05) is 0 Å². The van der Waals surface area contributed by atoms with Crippen LogP contribution in [0.5, 0.6) is 0 Å². The quantitative estimate of drug-likeness (QED) is 0.782. The molecular weight excluding hydrogens is 324 g/mol. The van der Waals surface area contributed by atoms with E-state index in [2.05, 4.69) is 35.7 Å². The van der Waals surface area contributed by atoms with Gasteiger partial charge in [-0.2, -0.15) is 0 Å². The molecule has 0 radical (unpaired) electrons. The van der Waals surface area contributed by atoms with Crippen LogP contribution in [0.3, 0.4) is 0 Å². The fourth-order valence-electron chi connectivity index (χ4n) is 2.59. The fourth-order valence-corrected chi connectivity index (χ4v) is 2.71. The molecule has 1 aromatic carbocycles. The minimum absolute atomic E-state index is 0.189. The Labute approximate surface area is 145 Å². The molecule has 0 bridgehead atoms. The van der Waals surface area contributed by atoms with E-state index < -0.39 is 0 Å². The molecule has 6 heteroatoms. The molecule has 0 amide bonds. The van der Waals surface area contributed by atoms with Gasteiger partial charge in [-0.05, 0) is 36.1 Å². The number of aromatic nitrogens is 4. The van der Waals surface area contributed by atoms with E-state index >= 15 is 0 Å². The topological polar surface area (TPSA) is 63.6 Å². The van der Waals surface area contributed by atoms with E-state index in [0.29, 0.717) is 27.8 Å². The van der Waals surface area contributed by atoms with Gasteiger partial charge in [-0.3, -0.25) is 4.79 Å². The van der Waals surface area contributed by atoms with Crippen molar-refractivity contribution < 1.29 is 0 Å². The third-order valence-corrected chi connectivity index (χ3v) is 4.24. The van der Waals surface area contributed by atoms with Crippen LogP contribution in [0.2, 0.25) is 5.02 Å². The third-order valence-electron chi connectivity index (χ3n) is 3.99. The number of imidazole rings is 1. The predicted molar refractivity (Wildman–Crippen MR) is 97.4 cm³/mol. The number of aryl methyl sites for hydroxylation is 2. The van der Waals surface area contributed by atoms with Crippen LogP contribution in [0.25, 0.3) is 22.6 Å². The van der Waals surface area contributed by atoms with Crippen molar-refractivity contribution in [3.05, 3.63) is 45.5 Å². The molecule has 1 N–H and O–H groups in total. The number of nitrogens with one attached hydrogen (secondary N) is 1. The number of nitrogens with zero attached hydrogens (tertiary/aromatic N) is 3. The molecule has 0 aliphatic rings. The average molecular weight is 345 g/mol. The summed E-state index contributed by atoms with van der Waals surface area (Å²) in [5, 5.41) is 0.665. The minimum atomic E-state index is -0.195. The van der Waals surface area contributed by atoms with Crippen molar-refractivity contribution in [1.82, 2.24) is 19.5 Å². The zero-order chi connectivity index (χ0) is 17.5. The van der Waals surface area contributed by atoms with Crippen LogP contribution >= 0.6 is 11.6 Å². The Hall–Kier alpha value is -2.14. The molecule has 3 aromatic rings. The summed E-state index contributed by atoms with van der Waals surface area (Å²) >= 11 is 5.94. The van der Waals surface area contributed by atoms with E-state index in [1.807, 2.05) is 35.9 Å². The van der Waals surface area contributed by atoms with E-state index in [1.165, 1.54) is 0 Å². The average Bonchev–Trinajstić information content (AvgIpc) is 2.83. The second-order valence-electron chi connectivity index (χ2n) is 7.25. The Morgan fingerprint density at radius 1 is 1.17 bits per heavy atom. The maximum absolute atomic E-state index is 12.4. The maximum atomic E-state index is 12.4. The van der Waals surface area contributed by atoms with Gasteiger partial charge in [-0.15, -0.1) is 0 Å². The number of benzene rings is 1. The molecule has 126 valence electrons. The number of H-pyrrole nitrogens is 1. The largest absolute Gasteiger partial charge is 0.312 e. The van der Waals surface area contributed by atoms with Crippen LogP contribution < -0.4 is 5.56 Å². The number of aromatic amines is 1. The van der Waals surface area contributed by atoms with Crippen molar-refractivity contribution >= 4 is 22.8 Å². The lowest BCUT2D eigenvalue weighted by Crippen LogP contribution is -2.15. The summed E-state index contributed by atoms with van der Waals surface area (Å²) in [5.41, 5.74) is 1.86. The first kappa shape index (κ1) is 16.7. The zero-order valence-electron chi connectivity index (χ0n) is 14.4. The summed E-state index contributed by atoms with van der Waals surface area (Å²) < 4.78 is 1.86. The SMILES string of the molecule is Cn1c(-c2ccc(Cl)cc2)nc2c(=O)[nH]c(CCC(C)(C)C)nc21. The molecule has 24 heavy (non-hydrogen) atoms. The van der Waals surface area contributed by atoms with Gasteiger partial charge in [0.25, 0.3) is 5.56 Å². The van der Waals surface area contributed by atoms with Gasteiger partial charge < -0.3 is 9.55 Å². The number of rotatable bonds is 3. The lowest BCUT2D eigenvalue weighted by Gasteiger charge is -2.17. The molecule has 0 fully saturated rings. The zero-order valence-corrected chi connectivity index (χ0v) is 15.1. The van der Waals surface area contributed by atoms with Crippen molar-refractivity contribution in [1.29, 1.82) is 0 Å². The molecule has 0 aliphatic heterocycles. The van der Waals surface area contributed by atoms with E-state index in [-0.39, 0.29) is 11.0 Å². The highest BCUT2D eigenvalue weighted by Gasteiger charge is 2.16. The second-order valence-corrected chi connectivity index (χ2v) is 7.68. The normalized spacial score (nSPS) is 12.0. The number of hydrogen-bond donors (Lipinski definition) is 1. The molecule has 0 spiro atoms. The van der Waals surface area contributed by atoms with Crippen LogP contribution in [-0.4, -0.2) is 19.5 Å². The van der Waals surface area contributed by atoms with Gasteiger partial charge in [-0.1, -0.05) is 32.4 Å². The van der Waals surface area contributed by atoms with Crippen molar-refractivity contribution in [3.63, 3.8) is 0 Å². The van der Waals surface area contributed by atoms with Crippen LogP contribution in [-0.2, 0) is 13.5 Å². The predicted octanol–water partition coefficient (Wildman–Crippen LogP) is 3.96. The van der Waals surface area contributed by atoms with Gasteiger partial charge in [0.2, 0.25) is 0 Å². The van der Waals surface area contributed by atoms with E-state index in [1.54, 1.807) is 0 Å². The molecule has 0 atom stereocenters. The van der Waals surface area contributed by atoms with Crippen LogP contribution in [0.1, 0.15) is 33.0 Å². The molecule has 5 nitrogen and oxygen atoms in total. The van der Waals surface area contributed by atoms with Crippen molar-refractivity contribution in [2.45, 2.75) is 33.6 Å². The minimum Gasteiger partial charge on any atom is -0.312 e. The number of fused-ring (bicyclic) bond motifs is 1. The molecular formula is C18H21ClN4O. The Morgan fingerprint density at radius 3 is 2.46 bits per heavy atom. The van der Waals surface area contributed by atoms with Gasteiger partial charge in [0.15, 0.2) is 11.2 Å². The first-order valence-corrected chi connectivity index (χ1v) is 8.34. The van der Waals surface area contributed by atoms with Crippen LogP contribution in [0.4, 0.5) is 0 Å². The van der Waals surface area contributed by atoms with E-state index in [0.717, 1.165) is 18.4 Å². The van der Waals surface area contributed by atoms with Gasteiger partial charge >= 0.3 is 0 Å². The summed E-state index contributed by atoms with van der Waals surface area (Å²) in [6.07, 6.45) is 1.68. The molecule has 0 aliphatic carbocycles. The number of hydrogen-bond acceptors (Lipinski definition) is 3. The Morgan fingerprint density at radius 2 is 1.83 bits per heavy atom. The van der Waals surface area contributed by atoms with Crippen molar-refractivity contribution in [3.8, 4) is 11.4 Å². The third kappa shape index (κ3) is 3.36. The summed E-state index contributed by atoms with van der Waals surface area (Å²) in [6, 6.07) is 7.39. The smallest absolute Gasteiger partial charge is 0.279 e. The summed E-state index contributed by atoms with van der Waals surface area (Å²) in [6.45, 7) is 6.52. The lowest BCUT2D eigenvalue weighted by atomic mass is 9.90.